The van der Waals surface area contributed by atoms with Crippen LogP contribution in [-0.2, 0) is 14.3 Å². The standard InChI is InChI=1S/C41H73N3O3.2ClH/c1-9-31(27(2)3)11-10-28(4)35-14-15-36-34-13-12-32-26-33(18-22-40(32,7)37(34)19-23-41(35,36)8)47-39(46)17-16-38(45)44(24-20-29(5)42)25-21-30(6)43;;/h12,27-31,33-37H,9-11,13-26,42-43H2,1-8H3;2*1H/t28-,29?,30?,31-,33?,34?,35?,36?,37?,40?,41?;;/m1../s1. The number of carbonyl (C=O) groups is 2. The van der Waals surface area contributed by atoms with Crippen molar-refractivity contribution in [2.24, 2.45) is 63.7 Å². The lowest BCUT2D eigenvalue weighted by molar-refractivity contribution is -0.153. The van der Waals surface area contributed by atoms with Crippen LogP contribution in [0.4, 0.5) is 0 Å². The maximum atomic E-state index is 13.0. The minimum Gasteiger partial charge on any atom is -0.462 e. The fraction of sp³-hybridized carbons (Fsp3) is 0.902. The SMILES string of the molecule is CC[C@H](CC[C@@H](C)C1CCC2C3CC=C4CC(OC(=O)CCC(=O)N(CCC(C)N)CCC(C)N)CCC4(C)C3CCC21C)C(C)C.Cl.Cl. The Hall–Kier alpha value is -0.820. The van der Waals surface area contributed by atoms with Gasteiger partial charge < -0.3 is 21.1 Å². The first-order chi connectivity index (χ1) is 22.2. The van der Waals surface area contributed by atoms with Crippen molar-refractivity contribution in [1.29, 1.82) is 0 Å². The maximum Gasteiger partial charge on any atom is 0.306 e. The number of amides is 1. The van der Waals surface area contributed by atoms with Gasteiger partial charge in [0.1, 0.15) is 6.10 Å². The lowest BCUT2D eigenvalue weighted by atomic mass is 9.47. The van der Waals surface area contributed by atoms with Crippen molar-refractivity contribution in [2.75, 3.05) is 13.1 Å². The van der Waals surface area contributed by atoms with Crippen molar-refractivity contribution in [3.05, 3.63) is 11.6 Å². The summed E-state index contributed by atoms with van der Waals surface area (Å²) in [6, 6.07) is 0.0593. The molecule has 0 heterocycles. The molecule has 0 aliphatic heterocycles. The van der Waals surface area contributed by atoms with Crippen LogP contribution >= 0.6 is 24.8 Å². The van der Waals surface area contributed by atoms with E-state index in [0.29, 0.717) is 18.5 Å². The third-order valence-corrected chi connectivity index (χ3v) is 14.2. The van der Waals surface area contributed by atoms with Crippen molar-refractivity contribution in [3.8, 4) is 0 Å². The van der Waals surface area contributed by atoms with Gasteiger partial charge >= 0.3 is 5.97 Å². The number of nitrogens with two attached hydrogens (primary N) is 2. The third-order valence-electron chi connectivity index (χ3n) is 14.2. The van der Waals surface area contributed by atoms with E-state index in [2.05, 4.69) is 47.6 Å². The number of allylic oxidation sites excluding steroid dienone is 1. The van der Waals surface area contributed by atoms with E-state index in [1.54, 1.807) is 5.57 Å². The van der Waals surface area contributed by atoms with Crippen molar-refractivity contribution in [3.63, 3.8) is 0 Å². The number of ether oxygens (including phenoxy) is 1. The molecule has 0 aromatic rings. The number of carbonyl (C=O) groups excluding carboxylic acids is 2. The van der Waals surface area contributed by atoms with Gasteiger partial charge in [-0.15, -0.1) is 24.8 Å². The minimum atomic E-state index is -0.237. The first-order valence-electron chi connectivity index (χ1n) is 19.9. The molecule has 4 aliphatic carbocycles. The molecular weight excluding hydrogens is 653 g/mol. The van der Waals surface area contributed by atoms with Gasteiger partial charge in [-0.2, -0.15) is 0 Å². The minimum absolute atomic E-state index is 0. The van der Waals surface area contributed by atoms with Crippen molar-refractivity contribution >= 4 is 36.7 Å². The fourth-order valence-corrected chi connectivity index (χ4v) is 11.1. The largest absolute Gasteiger partial charge is 0.462 e. The lowest BCUT2D eigenvalue weighted by Gasteiger charge is -2.58. The van der Waals surface area contributed by atoms with Gasteiger partial charge in [-0.1, -0.05) is 66.0 Å². The molecule has 9 unspecified atom stereocenters. The topological polar surface area (TPSA) is 98.7 Å². The molecule has 0 saturated heterocycles. The van der Waals surface area contributed by atoms with E-state index in [1.165, 1.54) is 51.4 Å². The highest BCUT2D eigenvalue weighted by atomic mass is 35.5. The van der Waals surface area contributed by atoms with Crippen molar-refractivity contribution < 1.29 is 14.3 Å². The van der Waals surface area contributed by atoms with Gasteiger partial charge in [0.05, 0.1) is 6.42 Å². The van der Waals surface area contributed by atoms with Crippen LogP contribution in [0.25, 0.3) is 0 Å². The molecule has 4 rings (SSSR count). The molecule has 0 spiro atoms. The van der Waals surface area contributed by atoms with E-state index < -0.39 is 0 Å². The molecule has 4 N–H and O–H groups in total. The quantitative estimate of drug-likeness (QED) is 0.122. The monoisotopic (exact) mass is 728 g/mol. The Morgan fingerprint density at radius 1 is 0.878 bits per heavy atom. The predicted molar refractivity (Wildman–Crippen MR) is 209 cm³/mol. The number of rotatable bonds is 16. The van der Waals surface area contributed by atoms with Crippen molar-refractivity contribution in [1.82, 2.24) is 4.90 Å². The van der Waals surface area contributed by atoms with E-state index in [4.69, 9.17) is 16.2 Å². The summed E-state index contributed by atoms with van der Waals surface area (Å²) >= 11 is 0. The van der Waals surface area contributed by atoms with E-state index in [-0.39, 0.29) is 73.1 Å². The van der Waals surface area contributed by atoms with E-state index in [1.807, 2.05) is 18.7 Å². The number of hydrogen-bond acceptors (Lipinski definition) is 5. The van der Waals surface area contributed by atoms with Gasteiger partial charge in [0, 0.05) is 38.0 Å². The number of hydrogen-bond donors (Lipinski definition) is 2. The zero-order chi connectivity index (χ0) is 34.5. The number of fused-ring (bicyclic) bond motifs is 5. The molecular formula is C41H75Cl2N3O3. The summed E-state index contributed by atoms with van der Waals surface area (Å²) in [4.78, 5) is 27.8. The molecule has 3 saturated carbocycles. The predicted octanol–water partition coefficient (Wildman–Crippen LogP) is 9.50. The van der Waals surface area contributed by atoms with Crippen LogP contribution in [0.2, 0.25) is 0 Å². The Labute approximate surface area is 313 Å². The van der Waals surface area contributed by atoms with Crippen LogP contribution in [0.1, 0.15) is 152 Å². The number of halogens is 2. The summed E-state index contributed by atoms with van der Waals surface area (Å²) in [6.45, 7) is 20.1. The summed E-state index contributed by atoms with van der Waals surface area (Å²) in [5, 5.41) is 0. The second-order valence-corrected chi connectivity index (χ2v) is 17.7. The lowest BCUT2D eigenvalue weighted by Crippen LogP contribution is -2.51. The van der Waals surface area contributed by atoms with Gasteiger partial charge in [-0.25, -0.2) is 0 Å². The normalized spacial score (nSPS) is 33.0. The second-order valence-electron chi connectivity index (χ2n) is 17.7. The second kappa shape index (κ2) is 19.3. The summed E-state index contributed by atoms with van der Waals surface area (Å²) in [7, 11) is 0. The highest BCUT2D eigenvalue weighted by molar-refractivity contribution is 5.85. The van der Waals surface area contributed by atoms with E-state index in [0.717, 1.165) is 73.5 Å². The van der Waals surface area contributed by atoms with Crippen LogP contribution in [-0.4, -0.2) is 48.1 Å². The average molecular weight is 729 g/mol. The van der Waals surface area contributed by atoms with Gasteiger partial charge in [-0.3, -0.25) is 9.59 Å². The van der Waals surface area contributed by atoms with E-state index in [9.17, 15) is 9.59 Å². The Balaban J connectivity index is 0.00000417. The molecule has 6 nitrogen and oxygen atoms in total. The Morgan fingerprint density at radius 3 is 2.12 bits per heavy atom. The zero-order valence-electron chi connectivity index (χ0n) is 32.5. The first kappa shape index (κ1) is 44.3. The van der Waals surface area contributed by atoms with Crippen LogP contribution in [0.5, 0.6) is 0 Å². The van der Waals surface area contributed by atoms with Gasteiger partial charge in [0.25, 0.3) is 0 Å². The Bertz CT molecular complexity index is 1070. The summed E-state index contributed by atoms with van der Waals surface area (Å²) in [5.41, 5.74) is 14.2. The van der Waals surface area contributed by atoms with Crippen LogP contribution in [0.3, 0.4) is 0 Å². The van der Waals surface area contributed by atoms with Crippen LogP contribution in [0.15, 0.2) is 11.6 Å². The van der Waals surface area contributed by atoms with Gasteiger partial charge in [0.2, 0.25) is 5.91 Å². The van der Waals surface area contributed by atoms with Crippen LogP contribution < -0.4 is 11.5 Å². The molecule has 0 bridgehead atoms. The molecule has 3 fully saturated rings. The first-order valence-corrected chi connectivity index (χ1v) is 19.9. The average Bonchev–Trinajstić information content (AvgIpc) is 3.37. The Kier molecular flexibility index (Phi) is 17.5. The molecule has 1 amide bonds. The molecule has 49 heavy (non-hydrogen) atoms. The molecule has 286 valence electrons. The Morgan fingerprint density at radius 2 is 1.53 bits per heavy atom. The molecule has 0 radical (unpaired) electrons. The summed E-state index contributed by atoms with van der Waals surface area (Å²) in [6.07, 6.45) is 18.1. The fourth-order valence-electron chi connectivity index (χ4n) is 11.1. The molecule has 0 aromatic carbocycles. The summed E-state index contributed by atoms with van der Waals surface area (Å²) < 4.78 is 6.05. The highest BCUT2D eigenvalue weighted by Gasteiger charge is 2.59. The molecule has 4 aliphatic rings. The summed E-state index contributed by atoms with van der Waals surface area (Å²) in [5.74, 6) is 5.53. The number of esters is 1. The van der Waals surface area contributed by atoms with Gasteiger partial charge in [-0.05, 0) is 130 Å². The molecule has 0 aromatic heterocycles. The third kappa shape index (κ3) is 10.6. The maximum absolute atomic E-state index is 13.0. The smallest absolute Gasteiger partial charge is 0.306 e. The van der Waals surface area contributed by atoms with Crippen LogP contribution in [0, 0.1) is 52.3 Å². The van der Waals surface area contributed by atoms with E-state index >= 15 is 0 Å². The highest BCUT2D eigenvalue weighted by Crippen LogP contribution is 2.67. The molecule has 11 atom stereocenters. The molecule has 8 heteroatoms. The number of nitrogens with zero attached hydrogens (tertiary/aromatic N) is 1. The van der Waals surface area contributed by atoms with Gasteiger partial charge in [0.15, 0.2) is 0 Å². The zero-order valence-corrected chi connectivity index (χ0v) is 34.1. The van der Waals surface area contributed by atoms with Crippen molar-refractivity contribution in [2.45, 2.75) is 170 Å².